The first-order valence-corrected chi connectivity index (χ1v) is 12.8. The average Bonchev–Trinajstić information content (AvgIpc) is 3.23. The van der Waals surface area contributed by atoms with E-state index in [2.05, 4.69) is 21.9 Å². The minimum Gasteiger partial charge on any atom is -0.472 e. The lowest BCUT2D eigenvalue weighted by Crippen LogP contribution is -2.64. The number of H-pyrrole nitrogens is 1. The van der Waals surface area contributed by atoms with Gasteiger partial charge in [-0.3, -0.25) is 4.90 Å². The molecule has 0 amide bonds. The molecule has 0 radical (unpaired) electrons. The van der Waals surface area contributed by atoms with Gasteiger partial charge in [-0.15, -0.1) is 6.42 Å². The molecule has 3 atom stereocenters. The van der Waals surface area contributed by atoms with Crippen LogP contribution < -0.4 is 4.74 Å². The predicted molar refractivity (Wildman–Crippen MR) is 136 cm³/mol. The van der Waals surface area contributed by atoms with E-state index in [9.17, 15) is 4.79 Å². The second-order valence-electron chi connectivity index (χ2n) is 10.5. The number of esters is 1. The molecule has 2 saturated heterocycles. The van der Waals surface area contributed by atoms with Crippen molar-refractivity contribution in [3.8, 4) is 18.1 Å². The number of aromatic amines is 1. The SMILES string of the molecule is C#CC(C)(OC(=O)c1c(C)[nH]c2ccc3c(c12)CC1CCCN2CCCCC12O3)c1ccccc1. The molecule has 180 valence electrons. The molecule has 5 heteroatoms. The molecule has 2 fully saturated rings. The summed E-state index contributed by atoms with van der Waals surface area (Å²) in [7, 11) is 0. The molecule has 3 aliphatic heterocycles. The Hall–Kier alpha value is -3.23. The van der Waals surface area contributed by atoms with Crippen molar-refractivity contribution in [2.75, 3.05) is 13.1 Å². The van der Waals surface area contributed by atoms with Gasteiger partial charge in [0.25, 0.3) is 0 Å². The van der Waals surface area contributed by atoms with Gasteiger partial charge in [-0.05, 0) is 58.1 Å². The third-order valence-corrected chi connectivity index (χ3v) is 8.42. The van der Waals surface area contributed by atoms with Crippen LogP contribution in [0.3, 0.4) is 0 Å². The Kier molecular flexibility index (Phi) is 5.19. The van der Waals surface area contributed by atoms with Crippen LogP contribution in [0.25, 0.3) is 10.9 Å². The normalized spacial score (nSPS) is 25.3. The van der Waals surface area contributed by atoms with Gasteiger partial charge in [0.15, 0.2) is 11.3 Å². The Balaban J connectivity index is 1.42. The van der Waals surface area contributed by atoms with Crippen LogP contribution in [0.2, 0.25) is 0 Å². The highest BCUT2D eigenvalue weighted by Crippen LogP contribution is 2.50. The summed E-state index contributed by atoms with van der Waals surface area (Å²) in [5.41, 5.74) is 2.82. The van der Waals surface area contributed by atoms with Gasteiger partial charge < -0.3 is 14.5 Å². The molecule has 35 heavy (non-hydrogen) atoms. The summed E-state index contributed by atoms with van der Waals surface area (Å²) in [5.74, 6) is 3.62. The smallest absolute Gasteiger partial charge is 0.342 e. The van der Waals surface area contributed by atoms with Gasteiger partial charge in [-0.1, -0.05) is 36.3 Å². The number of ether oxygens (including phenoxy) is 2. The zero-order chi connectivity index (χ0) is 24.2. The number of nitrogens with one attached hydrogen (secondary N) is 1. The van der Waals surface area contributed by atoms with Crippen molar-refractivity contribution in [3.05, 3.63) is 64.8 Å². The van der Waals surface area contributed by atoms with E-state index in [1.54, 1.807) is 6.92 Å². The molecule has 1 spiro atoms. The fourth-order valence-corrected chi connectivity index (χ4v) is 6.63. The van der Waals surface area contributed by atoms with Crippen LogP contribution in [-0.2, 0) is 16.8 Å². The van der Waals surface area contributed by atoms with Crippen LogP contribution in [0.15, 0.2) is 42.5 Å². The monoisotopic (exact) mass is 468 g/mol. The summed E-state index contributed by atoms with van der Waals surface area (Å²) in [6.45, 7) is 5.91. The largest absolute Gasteiger partial charge is 0.472 e. The Morgan fingerprint density at radius 1 is 1.20 bits per heavy atom. The molecule has 3 aliphatic rings. The summed E-state index contributed by atoms with van der Waals surface area (Å²) in [6.07, 6.45) is 12.7. The van der Waals surface area contributed by atoms with E-state index in [0.29, 0.717) is 11.5 Å². The maximum Gasteiger partial charge on any atom is 0.342 e. The molecular weight excluding hydrogens is 436 g/mol. The average molecular weight is 469 g/mol. The number of aryl methyl sites for hydroxylation is 1. The zero-order valence-electron chi connectivity index (χ0n) is 20.5. The van der Waals surface area contributed by atoms with Gasteiger partial charge in [0, 0.05) is 53.2 Å². The van der Waals surface area contributed by atoms with Crippen molar-refractivity contribution < 1.29 is 14.3 Å². The van der Waals surface area contributed by atoms with Crippen molar-refractivity contribution in [1.29, 1.82) is 0 Å². The molecule has 2 aromatic carbocycles. The van der Waals surface area contributed by atoms with E-state index in [1.165, 1.54) is 19.3 Å². The van der Waals surface area contributed by atoms with Crippen molar-refractivity contribution in [1.82, 2.24) is 9.88 Å². The van der Waals surface area contributed by atoms with E-state index in [0.717, 1.165) is 65.8 Å². The molecule has 4 heterocycles. The molecule has 3 aromatic rings. The van der Waals surface area contributed by atoms with Gasteiger partial charge in [-0.25, -0.2) is 4.79 Å². The quantitative estimate of drug-likeness (QED) is 0.395. The Labute approximate surface area is 206 Å². The number of piperidine rings is 2. The van der Waals surface area contributed by atoms with Gasteiger partial charge in [0.2, 0.25) is 0 Å². The molecule has 5 nitrogen and oxygen atoms in total. The molecule has 0 aliphatic carbocycles. The minimum absolute atomic E-state index is 0.196. The molecule has 6 rings (SSSR count). The number of aromatic nitrogens is 1. The molecule has 3 unspecified atom stereocenters. The number of hydrogen-bond donors (Lipinski definition) is 1. The van der Waals surface area contributed by atoms with E-state index >= 15 is 0 Å². The first-order valence-electron chi connectivity index (χ1n) is 12.8. The number of rotatable bonds is 3. The minimum atomic E-state index is -1.16. The molecule has 0 bridgehead atoms. The predicted octanol–water partition coefficient (Wildman–Crippen LogP) is 5.71. The second-order valence-corrected chi connectivity index (χ2v) is 10.5. The Morgan fingerprint density at radius 3 is 2.80 bits per heavy atom. The fourth-order valence-electron chi connectivity index (χ4n) is 6.63. The first kappa shape index (κ1) is 22.2. The van der Waals surface area contributed by atoms with E-state index in [1.807, 2.05) is 43.3 Å². The maximum atomic E-state index is 13.7. The summed E-state index contributed by atoms with van der Waals surface area (Å²) in [5, 5.41) is 0.917. The van der Waals surface area contributed by atoms with Crippen molar-refractivity contribution in [2.24, 2.45) is 5.92 Å². The number of carbonyl (C=O) groups excluding carboxylic acids is 1. The lowest BCUT2D eigenvalue weighted by atomic mass is 9.74. The highest BCUT2D eigenvalue weighted by molar-refractivity contribution is 6.07. The van der Waals surface area contributed by atoms with E-state index < -0.39 is 11.6 Å². The van der Waals surface area contributed by atoms with Crippen LogP contribution >= 0.6 is 0 Å². The van der Waals surface area contributed by atoms with Crippen LogP contribution in [0.1, 0.15) is 66.2 Å². The highest BCUT2D eigenvalue weighted by Gasteiger charge is 2.52. The topological polar surface area (TPSA) is 54.6 Å². The number of carbonyl (C=O) groups is 1. The van der Waals surface area contributed by atoms with Crippen LogP contribution in [0.5, 0.6) is 5.75 Å². The number of terminal acetylenes is 1. The maximum absolute atomic E-state index is 13.7. The molecular formula is C30H32N2O3. The second kappa shape index (κ2) is 8.17. The number of nitrogens with zero attached hydrogens (tertiary/aromatic N) is 1. The third kappa shape index (κ3) is 3.38. The number of fused-ring (bicyclic) bond motifs is 3. The molecule has 0 saturated carbocycles. The lowest BCUT2D eigenvalue weighted by molar-refractivity contribution is -0.177. The Bertz CT molecular complexity index is 1340. The highest BCUT2D eigenvalue weighted by atomic mass is 16.6. The summed E-state index contributed by atoms with van der Waals surface area (Å²) < 4.78 is 12.9. The van der Waals surface area contributed by atoms with Crippen molar-refractivity contribution in [2.45, 2.75) is 63.7 Å². The molecule has 1 aromatic heterocycles. The standard InChI is InChI=1S/C30H32N2O3/c1-4-29(3,21-11-6-5-7-12-21)35-28(33)26-20(2)31-24-14-15-25-23(27(24)26)19-22-13-10-18-32-17-9-8-16-30(22,32)34-25/h1,5-7,11-12,14-15,22,31H,8-10,13,16-19H2,2-3H3. The fraction of sp³-hybridized carbons (Fsp3) is 0.433. The molecule has 1 N–H and O–H groups in total. The van der Waals surface area contributed by atoms with Crippen LogP contribution in [0, 0.1) is 25.2 Å². The summed E-state index contributed by atoms with van der Waals surface area (Å²) in [4.78, 5) is 19.7. The zero-order valence-corrected chi connectivity index (χ0v) is 20.5. The van der Waals surface area contributed by atoms with Gasteiger partial charge in [0.1, 0.15) is 5.75 Å². The van der Waals surface area contributed by atoms with E-state index in [-0.39, 0.29) is 5.72 Å². The summed E-state index contributed by atoms with van der Waals surface area (Å²) >= 11 is 0. The lowest BCUT2D eigenvalue weighted by Gasteiger charge is -2.56. The Morgan fingerprint density at radius 2 is 2.00 bits per heavy atom. The van der Waals surface area contributed by atoms with Crippen LogP contribution in [-0.4, -0.2) is 34.7 Å². The van der Waals surface area contributed by atoms with Gasteiger partial charge in [0.05, 0.1) is 5.56 Å². The van der Waals surface area contributed by atoms with Gasteiger partial charge >= 0.3 is 5.97 Å². The summed E-state index contributed by atoms with van der Waals surface area (Å²) in [6, 6.07) is 13.6. The first-order chi connectivity index (χ1) is 16.9. The number of benzene rings is 2. The van der Waals surface area contributed by atoms with Crippen molar-refractivity contribution >= 4 is 16.9 Å². The van der Waals surface area contributed by atoms with Crippen LogP contribution in [0.4, 0.5) is 0 Å². The van der Waals surface area contributed by atoms with E-state index in [4.69, 9.17) is 15.9 Å². The third-order valence-electron chi connectivity index (χ3n) is 8.42. The van der Waals surface area contributed by atoms with Gasteiger partial charge in [-0.2, -0.15) is 0 Å². The van der Waals surface area contributed by atoms with Crippen molar-refractivity contribution in [3.63, 3.8) is 0 Å². The number of hydrogen-bond acceptors (Lipinski definition) is 4.